The van der Waals surface area contributed by atoms with Crippen LogP contribution in [0.4, 0.5) is 5.82 Å². The molecule has 1 spiro atoms. The number of hydrogen-bond donors (Lipinski definition) is 0. The van der Waals surface area contributed by atoms with Crippen LogP contribution in [-0.4, -0.2) is 40.8 Å². The van der Waals surface area contributed by atoms with E-state index in [0.29, 0.717) is 43.0 Å². The molecule has 2 fully saturated rings. The monoisotopic (exact) mass is 434 g/mol. The van der Waals surface area contributed by atoms with Gasteiger partial charge in [0, 0.05) is 30.6 Å². The molecule has 2 saturated carbocycles. The molecule has 0 radical (unpaired) electrons. The molecule has 2 aromatic rings. The molecule has 5 rings (SSSR count). The molecule has 0 N–H and O–H groups in total. The highest BCUT2D eigenvalue weighted by Crippen LogP contribution is 2.65. The predicted octanol–water partition coefficient (Wildman–Crippen LogP) is 3.42. The van der Waals surface area contributed by atoms with Gasteiger partial charge in [0.15, 0.2) is 0 Å². The van der Waals surface area contributed by atoms with Crippen molar-refractivity contribution in [2.75, 3.05) is 19.1 Å². The number of methoxy groups -OCH3 is 1. The van der Waals surface area contributed by atoms with Crippen LogP contribution in [0.15, 0.2) is 24.3 Å². The number of amides is 2. The van der Waals surface area contributed by atoms with E-state index in [2.05, 4.69) is 0 Å². The number of carbonyl (C=O) groups excluding carboxylic acids is 2. The van der Waals surface area contributed by atoms with Gasteiger partial charge >= 0.3 is 0 Å². The van der Waals surface area contributed by atoms with Crippen LogP contribution in [0.25, 0.3) is 0 Å². The van der Waals surface area contributed by atoms with Crippen molar-refractivity contribution in [2.45, 2.75) is 58.5 Å². The number of benzene rings is 1. The maximum absolute atomic E-state index is 12.9. The van der Waals surface area contributed by atoms with Crippen molar-refractivity contribution in [1.82, 2.24) is 14.9 Å². The van der Waals surface area contributed by atoms with Gasteiger partial charge in [0.05, 0.1) is 20.2 Å². The Kier molecular flexibility index (Phi) is 5.14. The molecule has 2 aliphatic carbocycles. The fourth-order valence-corrected chi connectivity index (χ4v) is 5.26. The SMILES string of the molecule is COc1cccc(CN2C(=O)CCc3c(C)nc(CN(C)C(=O)[C@H]4CC45CCC5)nc32)c1. The summed E-state index contributed by atoms with van der Waals surface area (Å²) in [5.74, 6) is 2.45. The number of rotatable bonds is 6. The molecule has 1 aromatic carbocycles. The Morgan fingerprint density at radius 1 is 1.28 bits per heavy atom. The Balaban J connectivity index is 1.38. The first-order valence-electron chi connectivity index (χ1n) is 11.4. The van der Waals surface area contributed by atoms with Crippen LogP contribution in [0.2, 0.25) is 0 Å². The van der Waals surface area contributed by atoms with Crippen molar-refractivity contribution in [3.05, 3.63) is 46.9 Å². The minimum Gasteiger partial charge on any atom is -0.497 e. The van der Waals surface area contributed by atoms with Crippen LogP contribution < -0.4 is 9.64 Å². The molecule has 3 aliphatic rings. The van der Waals surface area contributed by atoms with Gasteiger partial charge < -0.3 is 9.64 Å². The molecule has 7 nitrogen and oxygen atoms in total. The summed E-state index contributed by atoms with van der Waals surface area (Å²) >= 11 is 0. The Morgan fingerprint density at radius 2 is 2.09 bits per heavy atom. The topological polar surface area (TPSA) is 75.6 Å². The van der Waals surface area contributed by atoms with Crippen molar-refractivity contribution >= 4 is 17.6 Å². The fraction of sp³-hybridized carbons (Fsp3) is 0.520. The number of anilines is 1. The summed E-state index contributed by atoms with van der Waals surface area (Å²) in [5, 5.41) is 0. The number of nitrogens with zero attached hydrogens (tertiary/aromatic N) is 4. The standard InChI is InChI=1S/C25H30N4O3/c1-16-19-8-9-22(30)29(14-17-6-4-7-18(12-17)32-3)23(19)27-21(26-16)15-28(2)24(31)20-13-25(20)10-5-11-25/h4,6-7,12,20H,5,8-11,13-15H2,1-3H3/t20-/m1/s1. The number of carbonyl (C=O) groups is 2. The maximum atomic E-state index is 12.9. The summed E-state index contributed by atoms with van der Waals surface area (Å²) in [7, 11) is 3.47. The summed E-state index contributed by atoms with van der Waals surface area (Å²) < 4.78 is 5.33. The van der Waals surface area contributed by atoms with Crippen molar-refractivity contribution in [3.63, 3.8) is 0 Å². The second-order valence-electron chi connectivity index (χ2n) is 9.53. The number of fused-ring (bicyclic) bond motifs is 1. The minimum absolute atomic E-state index is 0.0544. The van der Waals surface area contributed by atoms with Crippen LogP contribution >= 0.6 is 0 Å². The van der Waals surface area contributed by atoms with Crippen LogP contribution in [0.3, 0.4) is 0 Å². The van der Waals surface area contributed by atoms with Gasteiger partial charge in [-0.3, -0.25) is 14.5 Å². The molecule has 1 aromatic heterocycles. The van der Waals surface area contributed by atoms with E-state index in [1.54, 1.807) is 16.9 Å². The van der Waals surface area contributed by atoms with Crippen molar-refractivity contribution < 1.29 is 14.3 Å². The molecule has 1 atom stereocenters. The summed E-state index contributed by atoms with van der Waals surface area (Å²) in [6, 6.07) is 7.74. The molecule has 168 valence electrons. The molecule has 32 heavy (non-hydrogen) atoms. The minimum atomic E-state index is 0.0544. The first kappa shape index (κ1) is 20.9. The number of aryl methyl sites for hydroxylation is 1. The second kappa shape index (κ2) is 7.87. The largest absolute Gasteiger partial charge is 0.497 e. The first-order chi connectivity index (χ1) is 15.4. The van der Waals surface area contributed by atoms with E-state index in [1.165, 1.54) is 19.3 Å². The Bertz CT molecular complexity index is 1080. The van der Waals surface area contributed by atoms with E-state index in [9.17, 15) is 9.59 Å². The summed E-state index contributed by atoms with van der Waals surface area (Å²) in [5.41, 5.74) is 3.18. The smallest absolute Gasteiger partial charge is 0.228 e. The van der Waals surface area contributed by atoms with Crippen molar-refractivity contribution in [3.8, 4) is 5.75 Å². The molecule has 7 heteroatoms. The molecule has 0 unspecified atom stereocenters. The molecule has 2 amide bonds. The van der Waals surface area contributed by atoms with Crippen LogP contribution in [0.5, 0.6) is 5.75 Å². The van der Waals surface area contributed by atoms with Crippen LogP contribution in [-0.2, 0) is 29.1 Å². The highest BCUT2D eigenvalue weighted by atomic mass is 16.5. The van der Waals surface area contributed by atoms with Gasteiger partial charge in [0.2, 0.25) is 11.8 Å². The quantitative estimate of drug-likeness (QED) is 0.696. The lowest BCUT2D eigenvalue weighted by Crippen LogP contribution is -2.37. The number of hydrogen-bond acceptors (Lipinski definition) is 5. The molecule has 2 heterocycles. The Labute approximate surface area is 188 Å². The van der Waals surface area contributed by atoms with Crippen LogP contribution in [0, 0.1) is 18.3 Å². The first-order valence-corrected chi connectivity index (χ1v) is 11.4. The van der Waals surface area contributed by atoms with Crippen molar-refractivity contribution in [1.29, 1.82) is 0 Å². The van der Waals surface area contributed by atoms with Gasteiger partial charge in [-0.15, -0.1) is 0 Å². The molecular weight excluding hydrogens is 404 g/mol. The Hall–Kier alpha value is -2.96. The highest BCUT2D eigenvalue weighted by Gasteiger charge is 2.61. The molecular formula is C25H30N4O3. The lowest BCUT2D eigenvalue weighted by molar-refractivity contribution is -0.133. The summed E-state index contributed by atoms with van der Waals surface area (Å²) in [6.45, 7) is 2.76. The zero-order chi connectivity index (χ0) is 22.5. The average Bonchev–Trinajstić information content (AvgIpc) is 3.52. The lowest BCUT2D eigenvalue weighted by atomic mass is 9.79. The van der Waals surface area contributed by atoms with E-state index in [1.807, 2.05) is 38.2 Å². The van der Waals surface area contributed by atoms with E-state index < -0.39 is 0 Å². The van der Waals surface area contributed by atoms with Gasteiger partial charge in [-0.2, -0.15) is 0 Å². The molecule has 0 saturated heterocycles. The lowest BCUT2D eigenvalue weighted by Gasteiger charge is -2.30. The van der Waals surface area contributed by atoms with Gasteiger partial charge in [-0.1, -0.05) is 18.6 Å². The van der Waals surface area contributed by atoms with Gasteiger partial charge in [0.25, 0.3) is 0 Å². The Morgan fingerprint density at radius 3 is 2.78 bits per heavy atom. The third kappa shape index (κ3) is 3.63. The maximum Gasteiger partial charge on any atom is 0.228 e. The summed E-state index contributed by atoms with van der Waals surface area (Å²) in [6.07, 6.45) is 5.75. The molecule has 0 bridgehead atoms. The van der Waals surface area contributed by atoms with E-state index in [4.69, 9.17) is 14.7 Å². The van der Waals surface area contributed by atoms with E-state index >= 15 is 0 Å². The number of aromatic nitrogens is 2. The average molecular weight is 435 g/mol. The van der Waals surface area contributed by atoms with Crippen molar-refractivity contribution in [2.24, 2.45) is 11.3 Å². The summed E-state index contributed by atoms with van der Waals surface area (Å²) in [4.78, 5) is 38.7. The van der Waals surface area contributed by atoms with E-state index in [0.717, 1.165) is 29.0 Å². The zero-order valence-electron chi connectivity index (χ0n) is 19.1. The second-order valence-corrected chi connectivity index (χ2v) is 9.53. The third-order valence-electron chi connectivity index (χ3n) is 7.45. The highest BCUT2D eigenvalue weighted by molar-refractivity contribution is 5.95. The number of ether oxygens (including phenoxy) is 1. The van der Waals surface area contributed by atoms with Crippen LogP contribution in [0.1, 0.15) is 54.7 Å². The van der Waals surface area contributed by atoms with Gasteiger partial charge in [-0.25, -0.2) is 9.97 Å². The normalized spacial score (nSPS) is 20.5. The third-order valence-corrected chi connectivity index (χ3v) is 7.45. The zero-order valence-corrected chi connectivity index (χ0v) is 19.1. The fourth-order valence-electron chi connectivity index (χ4n) is 5.26. The van der Waals surface area contributed by atoms with Gasteiger partial charge in [0.1, 0.15) is 17.4 Å². The molecule has 1 aliphatic heterocycles. The van der Waals surface area contributed by atoms with Gasteiger partial charge in [-0.05, 0) is 55.7 Å². The van der Waals surface area contributed by atoms with E-state index in [-0.39, 0.29) is 17.7 Å². The predicted molar refractivity (Wildman–Crippen MR) is 120 cm³/mol.